The Morgan fingerprint density at radius 1 is 1.36 bits per heavy atom. The van der Waals surface area contributed by atoms with Gasteiger partial charge in [0.25, 0.3) is 0 Å². The number of rotatable bonds is 2. The van der Waals surface area contributed by atoms with Crippen molar-refractivity contribution >= 4 is 22.6 Å². The van der Waals surface area contributed by atoms with E-state index in [1.807, 2.05) is 0 Å². The third kappa shape index (κ3) is 3.59. The molecular formula is C13H10F3N5S. The van der Waals surface area contributed by atoms with Crippen LogP contribution in [0.15, 0.2) is 41.5 Å². The van der Waals surface area contributed by atoms with E-state index < -0.39 is 11.9 Å². The number of nitrogens with zero attached hydrogens (tertiary/aromatic N) is 4. The third-order valence-electron chi connectivity index (χ3n) is 2.59. The largest absolute Gasteiger partial charge is 0.435 e. The van der Waals surface area contributed by atoms with E-state index in [9.17, 15) is 13.2 Å². The molecule has 1 aromatic carbocycles. The molecule has 0 bridgehead atoms. The summed E-state index contributed by atoms with van der Waals surface area (Å²) in [4.78, 5) is 4.22. The van der Waals surface area contributed by atoms with Crippen LogP contribution in [0.3, 0.4) is 0 Å². The van der Waals surface area contributed by atoms with Gasteiger partial charge in [0, 0.05) is 6.20 Å². The first-order chi connectivity index (χ1) is 10.5. The fourth-order valence-electron chi connectivity index (χ4n) is 1.64. The summed E-state index contributed by atoms with van der Waals surface area (Å²) in [5, 5.41) is 14.9. The van der Waals surface area contributed by atoms with E-state index in [-0.39, 0.29) is 0 Å². The van der Waals surface area contributed by atoms with Crippen molar-refractivity contribution in [2.75, 3.05) is 6.26 Å². The van der Waals surface area contributed by atoms with Gasteiger partial charge in [0.2, 0.25) is 0 Å². The molecule has 2 aromatic rings. The molecule has 1 N–H and O–H groups in total. The first-order valence-corrected chi connectivity index (χ1v) is 7.18. The maximum atomic E-state index is 12.6. The SMILES string of the molecule is CSC(=Nc1ccccc1-n1ccc(C(F)(F)F)n1)NC#N. The number of amidine groups is 1. The van der Waals surface area contributed by atoms with Crippen molar-refractivity contribution in [2.45, 2.75) is 6.18 Å². The Morgan fingerprint density at radius 2 is 2.09 bits per heavy atom. The lowest BCUT2D eigenvalue weighted by molar-refractivity contribution is -0.141. The molecular weight excluding hydrogens is 315 g/mol. The first kappa shape index (κ1) is 15.9. The minimum atomic E-state index is -4.50. The quantitative estimate of drug-likeness (QED) is 0.398. The minimum absolute atomic E-state index is 0.332. The van der Waals surface area contributed by atoms with E-state index in [1.165, 1.54) is 18.0 Å². The van der Waals surface area contributed by atoms with E-state index >= 15 is 0 Å². The molecule has 0 fully saturated rings. The normalized spacial score (nSPS) is 12.0. The number of aromatic nitrogens is 2. The fraction of sp³-hybridized carbons (Fsp3) is 0.154. The second-order valence-electron chi connectivity index (χ2n) is 3.99. The summed E-state index contributed by atoms with van der Waals surface area (Å²) in [7, 11) is 0. The van der Waals surface area contributed by atoms with E-state index in [4.69, 9.17) is 5.26 Å². The Bertz CT molecular complexity index is 730. The lowest BCUT2D eigenvalue weighted by atomic mass is 10.3. The van der Waals surface area contributed by atoms with Gasteiger partial charge in [0.05, 0.1) is 11.4 Å². The minimum Gasteiger partial charge on any atom is -0.271 e. The molecule has 0 aliphatic rings. The number of benzene rings is 1. The molecule has 9 heteroatoms. The third-order valence-corrected chi connectivity index (χ3v) is 3.17. The molecule has 0 unspecified atom stereocenters. The van der Waals surface area contributed by atoms with Crippen LogP contribution >= 0.6 is 11.8 Å². The van der Waals surface area contributed by atoms with Gasteiger partial charge in [-0.3, -0.25) is 5.32 Å². The van der Waals surface area contributed by atoms with Crippen molar-refractivity contribution in [1.82, 2.24) is 15.1 Å². The van der Waals surface area contributed by atoms with Crippen LogP contribution in [0.2, 0.25) is 0 Å². The Balaban J connectivity index is 2.45. The predicted octanol–water partition coefficient (Wildman–Crippen LogP) is 3.31. The number of thioether (sulfide) groups is 1. The van der Waals surface area contributed by atoms with Crippen LogP contribution < -0.4 is 5.32 Å². The zero-order valence-electron chi connectivity index (χ0n) is 11.3. The lowest BCUT2D eigenvalue weighted by Gasteiger charge is -2.07. The van der Waals surface area contributed by atoms with Crippen molar-refractivity contribution in [3.63, 3.8) is 0 Å². The van der Waals surface area contributed by atoms with Crippen molar-refractivity contribution < 1.29 is 13.2 Å². The van der Waals surface area contributed by atoms with Gasteiger partial charge in [-0.05, 0) is 24.5 Å². The lowest BCUT2D eigenvalue weighted by Crippen LogP contribution is -2.12. The molecule has 22 heavy (non-hydrogen) atoms. The average molecular weight is 325 g/mol. The number of hydrogen-bond donors (Lipinski definition) is 1. The second kappa shape index (κ2) is 6.53. The molecule has 5 nitrogen and oxygen atoms in total. The highest BCUT2D eigenvalue weighted by Crippen LogP contribution is 2.29. The summed E-state index contributed by atoms with van der Waals surface area (Å²) in [5.74, 6) is 0. The van der Waals surface area contributed by atoms with Gasteiger partial charge in [-0.25, -0.2) is 9.67 Å². The van der Waals surface area contributed by atoms with Crippen molar-refractivity contribution in [3.05, 3.63) is 42.2 Å². The first-order valence-electron chi connectivity index (χ1n) is 5.95. The highest BCUT2D eigenvalue weighted by molar-refractivity contribution is 8.13. The molecule has 0 saturated carbocycles. The Morgan fingerprint density at radius 3 is 2.68 bits per heavy atom. The Kier molecular flexibility index (Phi) is 4.72. The number of halogens is 3. The van der Waals surface area contributed by atoms with Gasteiger partial charge < -0.3 is 0 Å². The summed E-state index contributed by atoms with van der Waals surface area (Å²) in [5.41, 5.74) is -0.206. The van der Waals surface area contributed by atoms with Crippen LogP contribution in [0, 0.1) is 11.5 Å². The van der Waals surface area contributed by atoms with Crippen LogP contribution in [-0.2, 0) is 6.18 Å². The van der Waals surface area contributed by atoms with Gasteiger partial charge in [0.15, 0.2) is 17.1 Å². The van der Waals surface area contributed by atoms with E-state index in [1.54, 1.807) is 36.7 Å². The summed E-state index contributed by atoms with van der Waals surface area (Å²) < 4.78 is 39.0. The van der Waals surface area contributed by atoms with Gasteiger partial charge in [-0.2, -0.15) is 23.5 Å². The van der Waals surface area contributed by atoms with Crippen LogP contribution in [-0.4, -0.2) is 21.2 Å². The smallest absolute Gasteiger partial charge is 0.271 e. The maximum Gasteiger partial charge on any atom is 0.435 e. The number of para-hydroxylation sites is 2. The summed E-state index contributed by atoms with van der Waals surface area (Å²) >= 11 is 1.21. The molecule has 0 aliphatic heterocycles. The molecule has 1 heterocycles. The van der Waals surface area contributed by atoms with Crippen LogP contribution in [0.25, 0.3) is 5.69 Å². The molecule has 0 atom stereocenters. The van der Waals surface area contributed by atoms with Crippen molar-refractivity contribution in [1.29, 1.82) is 5.26 Å². The van der Waals surface area contributed by atoms with E-state index in [2.05, 4.69) is 15.4 Å². The molecule has 0 radical (unpaired) electrons. The highest BCUT2D eigenvalue weighted by Gasteiger charge is 2.33. The molecule has 2 rings (SSSR count). The number of alkyl halides is 3. The summed E-state index contributed by atoms with van der Waals surface area (Å²) in [6.07, 6.45) is 0.185. The molecule has 0 amide bonds. The van der Waals surface area contributed by atoms with Gasteiger partial charge in [-0.15, -0.1) is 0 Å². The number of aliphatic imine (C=N–C) groups is 1. The Hall–Kier alpha value is -2.47. The monoisotopic (exact) mass is 325 g/mol. The van der Waals surface area contributed by atoms with Gasteiger partial charge in [-0.1, -0.05) is 23.9 Å². The standard InChI is InChI=1S/C13H10F3N5S/c1-22-12(18-8-17)19-9-4-2-3-5-10(9)21-7-6-11(20-21)13(14,15)16/h2-7H,1H3,(H,18,19). The molecule has 1 aromatic heterocycles. The predicted molar refractivity (Wildman–Crippen MR) is 77.9 cm³/mol. The average Bonchev–Trinajstić information content (AvgIpc) is 2.97. The fourth-order valence-corrected chi connectivity index (χ4v) is 1.98. The molecule has 0 aliphatic carbocycles. The van der Waals surface area contributed by atoms with E-state index in [0.29, 0.717) is 16.5 Å². The van der Waals surface area contributed by atoms with Crippen LogP contribution in [0.4, 0.5) is 18.9 Å². The summed E-state index contributed by atoms with van der Waals surface area (Å²) in [6.45, 7) is 0. The van der Waals surface area contributed by atoms with E-state index in [0.717, 1.165) is 10.7 Å². The van der Waals surface area contributed by atoms with Crippen molar-refractivity contribution in [2.24, 2.45) is 4.99 Å². The Labute approximate surface area is 128 Å². The van der Waals surface area contributed by atoms with Gasteiger partial charge in [0.1, 0.15) is 0 Å². The molecule has 0 spiro atoms. The second-order valence-corrected chi connectivity index (χ2v) is 4.78. The number of nitrogens with one attached hydrogen (secondary N) is 1. The zero-order valence-corrected chi connectivity index (χ0v) is 12.1. The summed E-state index contributed by atoms with van der Waals surface area (Å²) in [6, 6.07) is 7.47. The zero-order chi connectivity index (χ0) is 16.2. The highest BCUT2D eigenvalue weighted by atomic mass is 32.2. The maximum absolute atomic E-state index is 12.6. The number of nitriles is 1. The molecule has 0 saturated heterocycles. The topological polar surface area (TPSA) is 66.0 Å². The van der Waals surface area contributed by atoms with Gasteiger partial charge >= 0.3 is 6.18 Å². The van der Waals surface area contributed by atoms with Crippen LogP contribution in [0.5, 0.6) is 0 Å². The van der Waals surface area contributed by atoms with Crippen molar-refractivity contribution in [3.8, 4) is 11.9 Å². The number of hydrogen-bond acceptors (Lipinski definition) is 4. The van der Waals surface area contributed by atoms with Crippen LogP contribution in [0.1, 0.15) is 5.69 Å². The molecule has 114 valence electrons.